The fourth-order valence-electron chi connectivity index (χ4n) is 2.33. The van der Waals surface area contributed by atoms with Gasteiger partial charge in [0, 0.05) is 8.95 Å². The van der Waals surface area contributed by atoms with E-state index in [4.69, 9.17) is 0 Å². The van der Waals surface area contributed by atoms with E-state index in [0.29, 0.717) is 0 Å². The molecule has 1 heterocycles. The Morgan fingerprint density at radius 1 is 1.33 bits per heavy atom. The summed E-state index contributed by atoms with van der Waals surface area (Å²) < 4.78 is 2.08. The average Bonchev–Trinajstić information content (AvgIpc) is 2.93. The molecule has 1 aliphatic heterocycles. The third-order valence-corrected chi connectivity index (χ3v) is 4.69. The highest BCUT2D eigenvalue weighted by Gasteiger charge is 2.21. The summed E-state index contributed by atoms with van der Waals surface area (Å²) in [7, 11) is 0. The zero-order valence-electron chi connectivity index (χ0n) is 9.54. The number of rotatable bonds is 2. The van der Waals surface area contributed by atoms with Crippen molar-refractivity contribution in [2.45, 2.75) is 19.3 Å². The second kappa shape index (κ2) is 4.66. The number of carbonyl (C=O) groups is 1. The number of aliphatic imine (C=N–C) groups is 1. The molecule has 0 aromatic heterocycles. The molecule has 18 heavy (non-hydrogen) atoms. The summed E-state index contributed by atoms with van der Waals surface area (Å²) in [5.41, 5.74) is 6.92. The Labute approximate surface area is 122 Å². The highest BCUT2D eigenvalue weighted by molar-refractivity contribution is 9.11. The van der Waals surface area contributed by atoms with Crippen molar-refractivity contribution >= 4 is 49.8 Å². The lowest BCUT2D eigenvalue weighted by Gasteiger charge is -2.20. The molecule has 4 nitrogen and oxygen atoms in total. The van der Waals surface area contributed by atoms with Gasteiger partial charge in [0.15, 0.2) is 0 Å². The minimum atomic E-state index is -0.129. The van der Waals surface area contributed by atoms with Crippen molar-refractivity contribution in [1.29, 1.82) is 0 Å². The summed E-state index contributed by atoms with van der Waals surface area (Å²) in [4.78, 5) is 14.8. The molecule has 1 aromatic rings. The predicted octanol–water partition coefficient (Wildman–Crippen LogP) is 2.90. The van der Waals surface area contributed by atoms with Gasteiger partial charge in [0.25, 0.3) is 5.91 Å². The number of benzene rings is 1. The van der Waals surface area contributed by atoms with Crippen LogP contribution in [-0.2, 0) is 17.6 Å². The number of aryl methyl sites for hydroxylation is 1. The second-order valence-corrected chi connectivity index (χ2v) is 6.06. The van der Waals surface area contributed by atoms with Gasteiger partial charge in [0.05, 0.1) is 5.69 Å². The van der Waals surface area contributed by atoms with Gasteiger partial charge in [-0.15, -0.1) is 0 Å². The van der Waals surface area contributed by atoms with Crippen LogP contribution in [0, 0.1) is 0 Å². The Kier molecular flexibility index (Phi) is 3.15. The van der Waals surface area contributed by atoms with Gasteiger partial charge in [-0.05, 0) is 68.3 Å². The molecule has 3 rings (SSSR count). The number of halogens is 2. The number of anilines is 1. The predicted molar refractivity (Wildman–Crippen MR) is 77.7 cm³/mol. The number of hydrazine groups is 1. The highest BCUT2D eigenvalue weighted by Crippen LogP contribution is 2.40. The van der Waals surface area contributed by atoms with Crippen molar-refractivity contribution in [2.75, 3.05) is 12.0 Å². The summed E-state index contributed by atoms with van der Waals surface area (Å²) in [6.45, 7) is 0.274. The van der Waals surface area contributed by atoms with Crippen LogP contribution < -0.4 is 5.43 Å². The van der Waals surface area contributed by atoms with Crippen LogP contribution in [0.5, 0.6) is 0 Å². The minimum absolute atomic E-state index is 0.129. The molecule has 1 N–H and O–H groups in total. The normalized spacial score (nSPS) is 17.4. The molecule has 94 valence electrons. The van der Waals surface area contributed by atoms with Crippen LogP contribution in [0.1, 0.15) is 17.5 Å². The molecular formula is C12H11Br2N3O. The average molecular weight is 373 g/mol. The van der Waals surface area contributed by atoms with Gasteiger partial charge in [0.2, 0.25) is 0 Å². The van der Waals surface area contributed by atoms with E-state index in [0.717, 1.165) is 27.5 Å². The van der Waals surface area contributed by atoms with Gasteiger partial charge in [-0.25, -0.2) is 4.99 Å². The lowest BCUT2D eigenvalue weighted by Crippen LogP contribution is -2.28. The maximum Gasteiger partial charge on any atom is 0.268 e. The van der Waals surface area contributed by atoms with Crippen LogP contribution in [0.4, 0.5) is 5.69 Å². The summed E-state index contributed by atoms with van der Waals surface area (Å²) >= 11 is 7.23. The van der Waals surface area contributed by atoms with Crippen molar-refractivity contribution in [2.24, 2.45) is 4.99 Å². The topological polar surface area (TPSA) is 44.7 Å². The first-order valence-electron chi connectivity index (χ1n) is 5.75. The van der Waals surface area contributed by atoms with Crippen LogP contribution in [0.3, 0.4) is 0 Å². The van der Waals surface area contributed by atoms with Gasteiger partial charge < -0.3 is 0 Å². The largest absolute Gasteiger partial charge is 0.295 e. The number of hydrogen-bond acceptors (Lipinski definition) is 3. The molecule has 6 heteroatoms. The van der Waals surface area contributed by atoms with Gasteiger partial charge in [0.1, 0.15) is 12.9 Å². The Morgan fingerprint density at radius 2 is 2.17 bits per heavy atom. The molecule has 0 spiro atoms. The van der Waals surface area contributed by atoms with E-state index in [1.807, 2.05) is 0 Å². The minimum Gasteiger partial charge on any atom is -0.295 e. The van der Waals surface area contributed by atoms with Crippen LogP contribution in [0.2, 0.25) is 0 Å². The molecule has 0 saturated heterocycles. The molecule has 1 aliphatic carbocycles. The summed E-state index contributed by atoms with van der Waals surface area (Å²) in [6.07, 6.45) is 4.96. The Morgan fingerprint density at radius 3 is 2.89 bits per heavy atom. The number of amides is 1. The SMILES string of the molecule is O=C1CN(Nc2c(Br)cc3c(c2Br)CCC3)C=N1. The third kappa shape index (κ3) is 2.07. The van der Waals surface area contributed by atoms with Gasteiger partial charge in [-0.3, -0.25) is 15.2 Å². The first kappa shape index (κ1) is 12.2. The molecule has 1 amide bonds. The quantitative estimate of drug-likeness (QED) is 0.868. The number of nitrogens with one attached hydrogen (secondary N) is 1. The Hall–Kier alpha value is -0.880. The number of carbonyl (C=O) groups excluding carboxylic acids is 1. The molecule has 0 saturated carbocycles. The molecule has 2 aliphatic rings. The van der Waals surface area contributed by atoms with Gasteiger partial charge in [-0.1, -0.05) is 0 Å². The first-order valence-corrected chi connectivity index (χ1v) is 7.34. The van der Waals surface area contributed by atoms with Crippen molar-refractivity contribution < 1.29 is 4.79 Å². The maximum absolute atomic E-state index is 11.1. The van der Waals surface area contributed by atoms with E-state index in [9.17, 15) is 4.79 Å². The molecule has 0 radical (unpaired) electrons. The molecule has 0 bridgehead atoms. The van der Waals surface area contributed by atoms with Crippen molar-refractivity contribution in [3.05, 3.63) is 26.1 Å². The van der Waals surface area contributed by atoms with E-state index in [-0.39, 0.29) is 12.5 Å². The van der Waals surface area contributed by atoms with E-state index < -0.39 is 0 Å². The van der Waals surface area contributed by atoms with E-state index in [1.54, 1.807) is 5.01 Å². The summed E-state index contributed by atoms with van der Waals surface area (Å²) in [5, 5.41) is 1.69. The highest BCUT2D eigenvalue weighted by atomic mass is 79.9. The van der Waals surface area contributed by atoms with Crippen molar-refractivity contribution in [3.8, 4) is 0 Å². The lowest BCUT2D eigenvalue weighted by atomic mass is 10.1. The van der Waals surface area contributed by atoms with Gasteiger partial charge >= 0.3 is 0 Å². The standard InChI is InChI=1S/C12H11Br2N3O/c13-9-4-7-2-1-3-8(7)11(14)12(9)16-17-5-10(18)15-6-17/h4,6,16H,1-3,5H2. The zero-order chi connectivity index (χ0) is 12.7. The molecule has 0 atom stereocenters. The first-order chi connectivity index (χ1) is 8.65. The fraction of sp³-hybridized carbons (Fsp3) is 0.333. The number of nitrogens with zero attached hydrogens (tertiary/aromatic N) is 2. The smallest absolute Gasteiger partial charge is 0.268 e. The zero-order valence-corrected chi connectivity index (χ0v) is 12.7. The van der Waals surface area contributed by atoms with Crippen LogP contribution in [0.15, 0.2) is 20.0 Å². The van der Waals surface area contributed by atoms with Crippen molar-refractivity contribution in [1.82, 2.24) is 5.01 Å². The van der Waals surface area contributed by atoms with E-state index in [2.05, 4.69) is 48.3 Å². The van der Waals surface area contributed by atoms with Crippen molar-refractivity contribution in [3.63, 3.8) is 0 Å². The molecular weight excluding hydrogens is 362 g/mol. The third-order valence-electron chi connectivity index (χ3n) is 3.19. The Bertz CT molecular complexity index is 557. The maximum atomic E-state index is 11.1. The van der Waals surface area contributed by atoms with Crippen LogP contribution in [0.25, 0.3) is 0 Å². The van der Waals surface area contributed by atoms with E-state index in [1.165, 1.54) is 23.9 Å². The summed E-state index contributed by atoms with van der Waals surface area (Å²) in [5.74, 6) is -0.129. The van der Waals surface area contributed by atoms with Gasteiger partial charge in [-0.2, -0.15) is 0 Å². The van der Waals surface area contributed by atoms with E-state index >= 15 is 0 Å². The fourth-order valence-corrected chi connectivity index (χ4v) is 3.92. The second-order valence-electron chi connectivity index (χ2n) is 4.42. The summed E-state index contributed by atoms with van der Waals surface area (Å²) in [6, 6.07) is 2.16. The van der Waals surface area contributed by atoms with Crippen LogP contribution in [-0.4, -0.2) is 23.8 Å². The van der Waals surface area contributed by atoms with Crippen LogP contribution >= 0.6 is 31.9 Å². The molecule has 1 aromatic carbocycles. The molecule has 0 fully saturated rings. The number of fused-ring (bicyclic) bond motifs is 1. The Balaban J connectivity index is 1.92. The number of hydrogen-bond donors (Lipinski definition) is 1. The monoisotopic (exact) mass is 371 g/mol. The molecule has 0 unspecified atom stereocenters. The lowest BCUT2D eigenvalue weighted by molar-refractivity contribution is -0.116.